The van der Waals surface area contributed by atoms with Crippen molar-refractivity contribution in [3.05, 3.63) is 24.2 Å². The van der Waals surface area contributed by atoms with Crippen molar-refractivity contribution >= 4 is 0 Å². The van der Waals surface area contributed by atoms with Crippen LogP contribution in [0.4, 0.5) is 0 Å². The number of aliphatic hydroxyl groups excluding tert-OH is 1. The van der Waals surface area contributed by atoms with Crippen molar-refractivity contribution in [1.29, 1.82) is 0 Å². The van der Waals surface area contributed by atoms with Crippen LogP contribution in [0, 0.1) is 0 Å². The molecule has 0 radical (unpaired) electrons. The molecule has 1 aliphatic heterocycles. The Kier molecular flexibility index (Phi) is 5.33. The van der Waals surface area contributed by atoms with E-state index in [0.717, 1.165) is 44.4 Å². The second-order valence-corrected chi connectivity index (χ2v) is 6.51. The predicted molar refractivity (Wildman–Crippen MR) is 83.1 cm³/mol. The van der Waals surface area contributed by atoms with Crippen LogP contribution >= 0.6 is 0 Å². The van der Waals surface area contributed by atoms with Gasteiger partial charge in [0.15, 0.2) is 0 Å². The van der Waals surface area contributed by atoms with Gasteiger partial charge in [-0.05, 0) is 31.4 Å². The molecule has 0 bridgehead atoms. The Labute approximate surface area is 127 Å². The monoisotopic (exact) mass is 292 g/mol. The number of aliphatic hydroxyl groups is 1. The molecule has 1 N–H and O–H groups in total. The summed E-state index contributed by atoms with van der Waals surface area (Å²) < 4.78 is 5.47. The summed E-state index contributed by atoms with van der Waals surface area (Å²) in [5, 5.41) is 9.41. The molecule has 0 amide bonds. The molecule has 1 saturated carbocycles. The summed E-state index contributed by atoms with van der Waals surface area (Å²) in [6, 6.07) is 5.26. The van der Waals surface area contributed by atoms with Gasteiger partial charge in [-0.15, -0.1) is 0 Å². The smallest absolute Gasteiger partial charge is 0.117 e. The topological polar surface area (TPSA) is 39.9 Å². The zero-order valence-corrected chi connectivity index (χ0v) is 12.9. The summed E-state index contributed by atoms with van der Waals surface area (Å²) >= 11 is 0. The fourth-order valence-electron chi connectivity index (χ4n) is 4.00. The molecular formula is C17H28N2O2. The number of hydrogen-bond donors (Lipinski definition) is 1. The van der Waals surface area contributed by atoms with Crippen molar-refractivity contribution in [2.45, 2.75) is 57.2 Å². The minimum atomic E-state index is 0.294. The second-order valence-electron chi connectivity index (χ2n) is 6.51. The van der Waals surface area contributed by atoms with Gasteiger partial charge in [-0.25, -0.2) is 0 Å². The minimum Gasteiger partial charge on any atom is -0.468 e. The summed E-state index contributed by atoms with van der Waals surface area (Å²) in [4.78, 5) is 5.16. The molecule has 0 spiro atoms. The van der Waals surface area contributed by atoms with Gasteiger partial charge in [0.05, 0.1) is 12.8 Å². The lowest BCUT2D eigenvalue weighted by Crippen LogP contribution is -2.56. The molecule has 2 aliphatic rings. The third kappa shape index (κ3) is 3.87. The highest BCUT2D eigenvalue weighted by atomic mass is 16.3. The van der Waals surface area contributed by atoms with Crippen molar-refractivity contribution in [2.75, 3.05) is 26.2 Å². The molecule has 0 aromatic carbocycles. The summed E-state index contributed by atoms with van der Waals surface area (Å²) in [5.74, 6) is 1.05. The highest BCUT2D eigenvalue weighted by molar-refractivity contribution is 4.99. The Hall–Kier alpha value is -0.840. The van der Waals surface area contributed by atoms with Gasteiger partial charge in [-0.1, -0.05) is 19.3 Å². The molecule has 3 rings (SSSR count). The van der Waals surface area contributed by atoms with Crippen molar-refractivity contribution in [3.63, 3.8) is 0 Å². The number of hydrogen-bond acceptors (Lipinski definition) is 4. The molecule has 4 heteroatoms. The first-order chi connectivity index (χ1) is 10.4. The maximum absolute atomic E-state index is 9.41. The molecule has 1 atom stereocenters. The van der Waals surface area contributed by atoms with E-state index in [1.807, 2.05) is 6.07 Å². The van der Waals surface area contributed by atoms with E-state index >= 15 is 0 Å². The third-order valence-corrected chi connectivity index (χ3v) is 5.08. The standard InChI is InChI=1S/C17H28N2O2/c20-11-8-16-13-18(14-17-7-4-12-21-17)9-10-19(16)15-5-2-1-3-6-15/h4,7,12,15-16,20H,1-3,5-6,8-11,13-14H2/t16-/m0/s1. The fourth-order valence-corrected chi connectivity index (χ4v) is 4.00. The zero-order valence-electron chi connectivity index (χ0n) is 12.9. The van der Waals surface area contributed by atoms with Crippen molar-refractivity contribution < 1.29 is 9.52 Å². The molecule has 118 valence electrons. The van der Waals surface area contributed by atoms with Crippen LogP contribution in [-0.4, -0.2) is 53.2 Å². The number of rotatable bonds is 5. The van der Waals surface area contributed by atoms with Gasteiger partial charge in [0, 0.05) is 38.3 Å². The molecule has 1 aromatic rings. The molecule has 1 aliphatic carbocycles. The Morgan fingerprint density at radius 2 is 2.05 bits per heavy atom. The van der Waals surface area contributed by atoms with Gasteiger partial charge in [0.2, 0.25) is 0 Å². The van der Waals surface area contributed by atoms with Crippen molar-refractivity contribution in [2.24, 2.45) is 0 Å². The molecular weight excluding hydrogens is 264 g/mol. The Morgan fingerprint density at radius 3 is 2.76 bits per heavy atom. The lowest BCUT2D eigenvalue weighted by Gasteiger charge is -2.46. The quantitative estimate of drug-likeness (QED) is 0.905. The van der Waals surface area contributed by atoms with E-state index in [9.17, 15) is 5.11 Å². The molecule has 1 aromatic heterocycles. The Morgan fingerprint density at radius 1 is 1.19 bits per heavy atom. The van der Waals surface area contributed by atoms with Gasteiger partial charge in [-0.3, -0.25) is 9.80 Å². The number of nitrogens with zero attached hydrogens (tertiary/aromatic N) is 2. The predicted octanol–water partition coefficient (Wildman–Crippen LogP) is 2.48. The fraction of sp³-hybridized carbons (Fsp3) is 0.765. The van der Waals surface area contributed by atoms with E-state index in [4.69, 9.17) is 4.42 Å². The van der Waals surface area contributed by atoms with Crippen LogP contribution in [0.15, 0.2) is 22.8 Å². The van der Waals surface area contributed by atoms with Gasteiger partial charge in [0.25, 0.3) is 0 Å². The first-order valence-electron chi connectivity index (χ1n) is 8.48. The maximum atomic E-state index is 9.41. The van der Waals surface area contributed by atoms with Crippen LogP contribution in [0.2, 0.25) is 0 Å². The van der Waals surface area contributed by atoms with Crippen molar-refractivity contribution in [1.82, 2.24) is 9.80 Å². The lowest BCUT2D eigenvalue weighted by molar-refractivity contribution is 0.0116. The highest BCUT2D eigenvalue weighted by Crippen LogP contribution is 2.27. The largest absolute Gasteiger partial charge is 0.468 e. The molecule has 1 saturated heterocycles. The van der Waals surface area contributed by atoms with Crippen LogP contribution in [0.5, 0.6) is 0 Å². The van der Waals surface area contributed by atoms with E-state index in [-0.39, 0.29) is 0 Å². The van der Waals surface area contributed by atoms with Gasteiger partial charge < -0.3 is 9.52 Å². The summed E-state index contributed by atoms with van der Waals surface area (Å²) in [5.41, 5.74) is 0. The van der Waals surface area contributed by atoms with Crippen LogP contribution in [0.3, 0.4) is 0 Å². The van der Waals surface area contributed by atoms with Gasteiger partial charge >= 0.3 is 0 Å². The van der Waals surface area contributed by atoms with E-state index in [2.05, 4.69) is 15.9 Å². The first kappa shape index (κ1) is 15.1. The number of piperazine rings is 1. The van der Waals surface area contributed by atoms with E-state index in [1.165, 1.54) is 32.1 Å². The van der Waals surface area contributed by atoms with Crippen LogP contribution in [0.1, 0.15) is 44.3 Å². The molecule has 0 unspecified atom stereocenters. The molecule has 2 heterocycles. The number of furan rings is 1. The van der Waals surface area contributed by atoms with E-state index in [0.29, 0.717) is 12.6 Å². The van der Waals surface area contributed by atoms with Crippen LogP contribution in [0.25, 0.3) is 0 Å². The van der Waals surface area contributed by atoms with E-state index < -0.39 is 0 Å². The maximum Gasteiger partial charge on any atom is 0.117 e. The van der Waals surface area contributed by atoms with Gasteiger partial charge in [0.1, 0.15) is 5.76 Å². The second kappa shape index (κ2) is 7.43. The van der Waals surface area contributed by atoms with Crippen LogP contribution < -0.4 is 0 Å². The lowest BCUT2D eigenvalue weighted by atomic mass is 9.92. The SMILES string of the molecule is OCC[C@H]1CN(Cc2ccco2)CCN1C1CCCCC1. The minimum absolute atomic E-state index is 0.294. The zero-order chi connectivity index (χ0) is 14.5. The molecule has 21 heavy (non-hydrogen) atoms. The highest BCUT2D eigenvalue weighted by Gasteiger charge is 2.32. The average molecular weight is 292 g/mol. The Bertz CT molecular complexity index is 401. The molecule has 2 fully saturated rings. The van der Waals surface area contributed by atoms with E-state index in [1.54, 1.807) is 6.26 Å². The normalized spacial score (nSPS) is 26.2. The first-order valence-corrected chi connectivity index (χ1v) is 8.48. The summed E-state index contributed by atoms with van der Waals surface area (Å²) in [7, 11) is 0. The third-order valence-electron chi connectivity index (χ3n) is 5.08. The average Bonchev–Trinajstić information content (AvgIpc) is 3.02. The Balaban J connectivity index is 1.59. The summed E-state index contributed by atoms with van der Waals surface area (Å²) in [6.45, 7) is 4.49. The summed E-state index contributed by atoms with van der Waals surface area (Å²) in [6.07, 6.45) is 9.50. The van der Waals surface area contributed by atoms with Crippen molar-refractivity contribution in [3.8, 4) is 0 Å². The molecule has 4 nitrogen and oxygen atoms in total. The van der Waals surface area contributed by atoms with Gasteiger partial charge in [-0.2, -0.15) is 0 Å². The van der Waals surface area contributed by atoms with Crippen LogP contribution in [-0.2, 0) is 6.54 Å².